The Labute approximate surface area is 191 Å². The molecule has 0 saturated carbocycles. The van der Waals surface area contributed by atoms with Gasteiger partial charge < -0.3 is 10.6 Å². The van der Waals surface area contributed by atoms with E-state index in [1.54, 1.807) is 42.5 Å². The van der Waals surface area contributed by atoms with Crippen molar-refractivity contribution in [1.82, 2.24) is 0 Å². The van der Waals surface area contributed by atoms with Crippen molar-refractivity contribution in [3.8, 4) is 0 Å². The summed E-state index contributed by atoms with van der Waals surface area (Å²) in [6.07, 6.45) is 0. The van der Waals surface area contributed by atoms with Gasteiger partial charge in [-0.05, 0) is 42.5 Å². The van der Waals surface area contributed by atoms with Gasteiger partial charge in [0.15, 0.2) is 0 Å². The number of non-ortho nitro benzene ring substituents is 1. The standard InChI is InChI=1S/C21H15Cl2N3O4S/c22-17-5-2-6-18(20(17)23)25-19(27)12-31-16-9-7-14(8-10-16)24-21(28)13-3-1-4-15(11-13)26(29)30/h1-11H,12H2,(H,24,28)(H,25,27). The molecule has 0 heterocycles. The molecule has 0 aromatic heterocycles. The van der Waals surface area contributed by atoms with E-state index in [9.17, 15) is 19.7 Å². The number of benzene rings is 3. The molecule has 0 saturated heterocycles. The lowest BCUT2D eigenvalue weighted by atomic mass is 10.2. The van der Waals surface area contributed by atoms with Gasteiger partial charge in [-0.1, -0.05) is 35.3 Å². The van der Waals surface area contributed by atoms with Crippen LogP contribution < -0.4 is 10.6 Å². The van der Waals surface area contributed by atoms with Crippen molar-refractivity contribution in [2.45, 2.75) is 4.90 Å². The topological polar surface area (TPSA) is 101 Å². The van der Waals surface area contributed by atoms with Crippen LogP contribution in [0.25, 0.3) is 0 Å². The van der Waals surface area contributed by atoms with E-state index in [1.807, 2.05) is 0 Å². The Morgan fingerprint density at radius 2 is 1.68 bits per heavy atom. The Kier molecular flexibility index (Phi) is 7.51. The van der Waals surface area contributed by atoms with Gasteiger partial charge in [-0.2, -0.15) is 0 Å². The van der Waals surface area contributed by atoms with Gasteiger partial charge in [0.05, 0.1) is 26.4 Å². The second-order valence-corrected chi connectivity index (χ2v) is 8.06. The highest BCUT2D eigenvalue weighted by Crippen LogP contribution is 2.30. The van der Waals surface area contributed by atoms with E-state index in [2.05, 4.69) is 10.6 Å². The number of nitrogens with zero attached hydrogens (tertiary/aromatic N) is 1. The molecule has 0 radical (unpaired) electrons. The normalized spacial score (nSPS) is 10.4. The number of amides is 2. The number of hydrogen-bond acceptors (Lipinski definition) is 5. The molecule has 0 spiro atoms. The van der Waals surface area contributed by atoms with Gasteiger partial charge in [0.2, 0.25) is 5.91 Å². The maximum absolute atomic E-state index is 12.3. The molecule has 3 rings (SSSR count). The van der Waals surface area contributed by atoms with Crippen molar-refractivity contribution in [3.05, 3.63) is 92.5 Å². The van der Waals surface area contributed by atoms with Crippen LogP contribution in [0.15, 0.2) is 71.6 Å². The van der Waals surface area contributed by atoms with Crippen molar-refractivity contribution >= 4 is 63.8 Å². The van der Waals surface area contributed by atoms with Gasteiger partial charge in [0.1, 0.15) is 0 Å². The van der Waals surface area contributed by atoms with E-state index in [0.717, 1.165) is 4.90 Å². The molecule has 3 aromatic carbocycles. The van der Waals surface area contributed by atoms with Crippen LogP contribution >= 0.6 is 35.0 Å². The molecule has 2 N–H and O–H groups in total. The fourth-order valence-corrected chi connectivity index (χ4v) is 3.58. The molecule has 0 aliphatic rings. The van der Waals surface area contributed by atoms with E-state index < -0.39 is 10.8 Å². The summed E-state index contributed by atoms with van der Waals surface area (Å²) in [5.74, 6) is -0.540. The lowest BCUT2D eigenvalue weighted by Gasteiger charge is -2.09. The molecule has 3 aromatic rings. The van der Waals surface area contributed by atoms with Crippen LogP contribution in [0, 0.1) is 10.1 Å². The maximum Gasteiger partial charge on any atom is 0.270 e. The minimum Gasteiger partial charge on any atom is -0.324 e. The molecule has 2 amide bonds. The zero-order valence-corrected chi connectivity index (χ0v) is 18.1. The van der Waals surface area contributed by atoms with Gasteiger partial charge >= 0.3 is 0 Å². The third kappa shape index (κ3) is 6.21. The summed E-state index contributed by atoms with van der Waals surface area (Å²) in [4.78, 5) is 35.6. The van der Waals surface area contributed by atoms with Crippen LogP contribution in [-0.2, 0) is 4.79 Å². The highest BCUT2D eigenvalue weighted by Gasteiger charge is 2.12. The van der Waals surface area contributed by atoms with Crippen LogP contribution in [0.1, 0.15) is 10.4 Å². The van der Waals surface area contributed by atoms with Gasteiger partial charge in [-0.3, -0.25) is 19.7 Å². The summed E-state index contributed by atoms with van der Waals surface area (Å²) in [7, 11) is 0. The third-order valence-corrected chi connectivity index (χ3v) is 5.86. The fraction of sp³-hybridized carbons (Fsp3) is 0.0476. The molecule has 0 bridgehead atoms. The molecule has 0 aliphatic carbocycles. The van der Waals surface area contributed by atoms with Crippen molar-refractivity contribution in [2.75, 3.05) is 16.4 Å². The van der Waals surface area contributed by atoms with Crippen LogP contribution in [0.4, 0.5) is 17.1 Å². The molecular formula is C21H15Cl2N3O4S. The average Bonchev–Trinajstić information content (AvgIpc) is 2.76. The van der Waals surface area contributed by atoms with E-state index in [-0.39, 0.29) is 27.9 Å². The van der Waals surface area contributed by atoms with Crippen LogP contribution in [0.2, 0.25) is 10.0 Å². The Balaban J connectivity index is 1.54. The number of nitro benzene ring substituents is 1. The molecule has 31 heavy (non-hydrogen) atoms. The second-order valence-electron chi connectivity index (χ2n) is 6.22. The van der Waals surface area contributed by atoms with Crippen molar-refractivity contribution in [2.24, 2.45) is 0 Å². The van der Waals surface area contributed by atoms with Gasteiger partial charge in [-0.15, -0.1) is 11.8 Å². The number of nitrogens with one attached hydrogen (secondary N) is 2. The summed E-state index contributed by atoms with van der Waals surface area (Å²) in [5, 5.41) is 16.9. The van der Waals surface area contributed by atoms with Crippen molar-refractivity contribution in [3.63, 3.8) is 0 Å². The monoisotopic (exact) mass is 475 g/mol. The lowest BCUT2D eigenvalue weighted by Crippen LogP contribution is -2.14. The van der Waals surface area contributed by atoms with Crippen LogP contribution in [-0.4, -0.2) is 22.5 Å². The van der Waals surface area contributed by atoms with E-state index in [4.69, 9.17) is 23.2 Å². The molecule has 10 heteroatoms. The van der Waals surface area contributed by atoms with Crippen molar-refractivity contribution < 1.29 is 14.5 Å². The number of carbonyl (C=O) groups excluding carboxylic acids is 2. The molecule has 0 atom stereocenters. The Hall–Kier alpha value is -3.07. The molecule has 0 aliphatic heterocycles. The first kappa shape index (κ1) is 22.6. The predicted molar refractivity (Wildman–Crippen MR) is 123 cm³/mol. The van der Waals surface area contributed by atoms with Crippen LogP contribution in [0.3, 0.4) is 0 Å². The number of halogens is 2. The number of nitro groups is 1. The SMILES string of the molecule is O=C(CSc1ccc(NC(=O)c2cccc([N+](=O)[O-])c2)cc1)Nc1cccc(Cl)c1Cl. The second kappa shape index (κ2) is 10.3. The Morgan fingerprint density at radius 3 is 2.39 bits per heavy atom. The number of anilines is 2. The highest BCUT2D eigenvalue weighted by molar-refractivity contribution is 8.00. The summed E-state index contributed by atoms with van der Waals surface area (Å²) in [6.45, 7) is 0. The minimum absolute atomic E-state index is 0.155. The third-order valence-electron chi connectivity index (χ3n) is 4.03. The largest absolute Gasteiger partial charge is 0.324 e. The van der Waals surface area contributed by atoms with E-state index in [0.29, 0.717) is 16.4 Å². The Bertz CT molecular complexity index is 1140. The zero-order chi connectivity index (χ0) is 22.4. The van der Waals surface area contributed by atoms with E-state index >= 15 is 0 Å². The highest BCUT2D eigenvalue weighted by atomic mass is 35.5. The first-order valence-electron chi connectivity index (χ1n) is 8.86. The Morgan fingerprint density at radius 1 is 0.968 bits per heavy atom. The molecule has 7 nitrogen and oxygen atoms in total. The smallest absolute Gasteiger partial charge is 0.270 e. The quantitative estimate of drug-likeness (QED) is 0.252. The van der Waals surface area contributed by atoms with Gasteiger partial charge in [0, 0.05) is 28.3 Å². The minimum atomic E-state index is -0.556. The average molecular weight is 476 g/mol. The fourth-order valence-electron chi connectivity index (χ4n) is 2.53. The number of hydrogen-bond donors (Lipinski definition) is 2. The van der Waals surface area contributed by atoms with Crippen molar-refractivity contribution in [1.29, 1.82) is 0 Å². The van der Waals surface area contributed by atoms with Gasteiger partial charge in [-0.25, -0.2) is 0 Å². The molecular weight excluding hydrogens is 461 g/mol. The predicted octanol–water partition coefficient (Wildman–Crippen LogP) is 5.88. The zero-order valence-electron chi connectivity index (χ0n) is 15.8. The molecule has 0 fully saturated rings. The summed E-state index contributed by atoms with van der Waals surface area (Å²) in [5.41, 5.74) is 0.996. The van der Waals surface area contributed by atoms with Crippen LogP contribution in [0.5, 0.6) is 0 Å². The number of carbonyl (C=O) groups is 2. The number of thioether (sulfide) groups is 1. The summed E-state index contributed by atoms with van der Waals surface area (Å²) < 4.78 is 0. The van der Waals surface area contributed by atoms with Gasteiger partial charge in [0.25, 0.3) is 11.6 Å². The first-order valence-corrected chi connectivity index (χ1v) is 10.6. The molecule has 158 valence electrons. The summed E-state index contributed by atoms with van der Waals surface area (Å²) >= 11 is 13.3. The lowest BCUT2D eigenvalue weighted by molar-refractivity contribution is -0.384. The summed E-state index contributed by atoms with van der Waals surface area (Å²) in [6, 6.07) is 17.4. The maximum atomic E-state index is 12.3. The molecule has 0 unspecified atom stereocenters. The van der Waals surface area contributed by atoms with E-state index in [1.165, 1.54) is 36.0 Å². The first-order chi connectivity index (χ1) is 14.8. The number of rotatable bonds is 7.